The molecule has 0 saturated carbocycles. The van der Waals surface area contributed by atoms with Crippen molar-refractivity contribution >= 4 is 40.4 Å². The number of aryl methyl sites for hydroxylation is 2. The lowest BCUT2D eigenvalue weighted by molar-refractivity contribution is -0.153. The van der Waals surface area contributed by atoms with Crippen LogP contribution in [0.25, 0.3) is 11.0 Å². The molecule has 152 valence electrons. The topological polar surface area (TPSA) is 73.2 Å². The highest BCUT2D eigenvalue weighted by Crippen LogP contribution is 2.20. The quantitative estimate of drug-likeness (QED) is 0.593. The van der Waals surface area contributed by atoms with Gasteiger partial charge in [-0.05, 0) is 56.4 Å². The smallest absolute Gasteiger partial charge is 0.326 e. The lowest BCUT2D eigenvalue weighted by atomic mass is 10.1. The highest BCUT2D eigenvalue weighted by molar-refractivity contribution is 7.97. The maximum Gasteiger partial charge on any atom is 0.326 e. The molecule has 0 fully saturated rings. The number of amides is 1. The van der Waals surface area contributed by atoms with Gasteiger partial charge in [-0.25, -0.2) is 4.98 Å². The molecule has 1 aromatic heterocycles. The van der Waals surface area contributed by atoms with Gasteiger partial charge in [-0.1, -0.05) is 24.3 Å². The van der Waals surface area contributed by atoms with Gasteiger partial charge in [0.15, 0.2) is 6.10 Å². The van der Waals surface area contributed by atoms with Crippen LogP contribution in [0.4, 0.5) is 5.69 Å². The summed E-state index contributed by atoms with van der Waals surface area (Å²) < 4.78 is 7.25. The average molecular weight is 412 g/mol. The van der Waals surface area contributed by atoms with Crippen molar-refractivity contribution in [2.75, 3.05) is 11.6 Å². The standard InChI is InChI=1S/C22H25N3O3S/c1-14-9-10-15(2)18(11-14)24-22(27)16(3)28-21(26)12-25-19-8-6-5-7-17(19)23-20(25)13-29-4/h5-11,16H,12-13H2,1-4H3,(H,24,27)/t16-/m0/s1. The van der Waals surface area contributed by atoms with Crippen LogP contribution in [0.1, 0.15) is 23.9 Å². The van der Waals surface area contributed by atoms with E-state index >= 15 is 0 Å². The molecule has 0 radical (unpaired) electrons. The number of imidazole rings is 1. The summed E-state index contributed by atoms with van der Waals surface area (Å²) in [6.07, 6.45) is 1.09. The maximum absolute atomic E-state index is 12.5. The molecule has 29 heavy (non-hydrogen) atoms. The van der Waals surface area contributed by atoms with Crippen LogP contribution >= 0.6 is 11.8 Å². The molecule has 0 aliphatic carbocycles. The van der Waals surface area contributed by atoms with Gasteiger partial charge in [0.2, 0.25) is 0 Å². The minimum Gasteiger partial charge on any atom is -0.451 e. The molecule has 0 aliphatic heterocycles. The van der Waals surface area contributed by atoms with E-state index in [1.807, 2.05) is 67.1 Å². The Labute approximate surface area is 174 Å². The lowest BCUT2D eigenvalue weighted by Gasteiger charge is -2.16. The number of nitrogens with zero attached hydrogens (tertiary/aromatic N) is 2. The number of aromatic nitrogens is 2. The summed E-state index contributed by atoms with van der Waals surface area (Å²) in [4.78, 5) is 29.6. The third kappa shape index (κ3) is 4.98. The van der Waals surface area contributed by atoms with E-state index in [9.17, 15) is 9.59 Å². The summed E-state index contributed by atoms with van der Waals surface area (Å²) in [7, 11) is 0. The third-order valence-corrected chi connectivity index (χ3v) is 5.17. The molecule has 1 N–H and O–H groups in total. The highest BCUT2D eigenvalue weighted by Gasteiger charge is 2.20. The summed E-state index contributed by atoms with van der Waals surface area (Å²) in [6.45, 7) is 5.47. The number of benzene rings is 2. The number of hydrogen-bond acceptors (Lipinski definition) is 5. The summed E-state index contributed by atoms with van der Waals surface area (Å²) in [6, 6.07) is 13.5. The number of para-hydroxylation sites is 2. The number of fused-ring (bicyclic) bond motifs is 1. The van der Waals surface area contributed by atoms with Gasteiger partial charge in [0, 0.05) is 5.69 Å². The maximum atomic E-state index is 12.5. The minimum absolute atomic E-state index is 0.0114. The van der Waals surface area contributed by atoms with Gasteiger partial charge in [-0.3, -0.25) is 9.59 Å². The monoisotopic (exact) mass is 411 g/mol. The van der Waals surface area contributed by atoms with E-state index in [1.165, 1.54) is 0 Å². The number of anilines is 1. The van der Waals surface area contributed by atoms with Crippen molar-refractivity contribution in [1.82, 2.24) is 9.55 Å². The predicted octanol–water partition coefficient (Wildman–Crippen LogP) is 4.09. The Morgan fingerprint density at radius 1 is 1.21 bits per heavy atom. The van der Waals surface area contributed by atoms with Crippen molar-refractivity contribution in [1.29, 1.82) is 0 Å². The Kier molecular flexibility index (Phi) is 6.59. The number of thioether (sulfide) groups is 1. The largest absolute Gasteiger partial charge is 0.451 e. The lowest BCUT2D eigenvalue weighted by Crippen LogP contribution is -2.31. The van der Waals surface area contributed by atoms with Gasteiger partial charge in [-0.2, -0.15) is 11.8 Å². The Balaban J connectivity index is 1.69. The van der Waals surface area contributed by atoms with Crippen molar-refractivity contribution in [3.63, 3.8) is 0 Å². The van der Waals surface area contributed by atoms with Gasteiger partial charge in [0.25, 0.3) is 5.91 Å². The SMILES string of the molecule is CSCc1nc2ccccc2n1CC(=O)O[C@@H](C)C(=O)Nc1cc(C)ccc1C. The zero-order valence-electron chi connectivity index (χ0n) is 17.1. The molecule has 0 saturated heterocycles. The van der Waals surface area contributed by atoms with Gasteiger partial charge < -0.3 is 14.6 Å². The second-order valence-corrected chi connectivity index (χ2v) is 7.84. The summed E-state index contributed by atoms with van der Waals surface area (Å²) in [5.41, 5.74) is 4.43. The molecule has 0 spiro atoms. The molecule has 3 aromatic rings. The van der Waals surface area contributed by atoms with E-state index in [-0.39, 0.29) is 12.5 Å². The molecule has 3 rings (SSSR count). The van der Waals surface area contributed by atoms with Crippen LogP contribution in [-0.4, -0.2) is 33.8 Å². The molecule has 6 nitrogen and oxygen atoms in total. The first-order chi connectivity index (χ1) is 13.9. The van der Waals surface area contributed by atoms with Crippen LogP contribution < -0.4 is 5.32 Å². The van der Waals surface area contributed by atoms with E-state index in [1.54, 1.807) is 18.7 Å². The van der Waals surface area contributed by atoms with Crippen molar-refractivity contribution < 1.29 is 14.3 Å². The molecule has 1 amide bonds. The summed E-state index contributed by atoms with van der Waals surface area (Å²) in [5.74, 6) is 0.666. The van der Waals surface area contributed by atoms with Crippen LogP contribution in [0.2, 0.25) is 0 Å². The summed E-state index contributed by atoms with van der Waals surface area (Å²) >= 11 is 1.63. The van der Waals surface area contributed by atoms with Crippen LogP contribution in [0, 0.1) is 13.8 Å². The summed E-state index contributed by atoms with van der Waals surface area (Å²) in [5, 5.41) is 2.84. The van der Waals surface area contributed by atoms with Crippen LogP contribution in [0.15, 0.2) is 42.5 Å². The third-order valence-electron chi connectivity index (χ3n) is 4.62. The first-order valence-corrected chi connectivity index (χ1v) is 10.8. The van der Waals surface area contributed by atoms with Crippen LogP contribution in [-0.2, 0) is 26.6 Å². The first-order valence-electron chi connectivity index (χ1n) is 9.39. The van der Waals surface area contributed by atoms with E-state index in [4.69, 9.17) is 4.74 Å². The van der Waals surface area contributed by atoms with Crippen LogP contribution in [0.3, 0.4) is 0 Å². The molecule has 0 unspecified atom stereocenters. The number of carbonyl (C=O) groups is 2. The molecule has 0 aliphatic rings. The van der Waals surface area contributed by atoms with Crippen molar-refractivity contribution in [3.8, 4) is 0 Å². The van der Waals surface area contributed by atoms with Crippen molar-refractivity contribution in [2.24, 2.45) is 0 Å². The second kappa shape index (κ2) is 9.13. The minimum atomic E-state index is -0.902. The number of carbonyl (C=O) groups excluding carboxylic acids is 2. The predicted molar refractivity (Wildman–Crippen MR) is 117 cm³/mol. The first kappa shape index (κ1) is 20.9. The van der Waals surface area contributed by atoms with Gasteiger partial charge in [0.1, 0.15) is 12.4 Å². The zero-order valence-corrected chi connectivity index (χ0v) is 17.9. The zero-order chi connectivity index (χ0) is 21.0. The van der Waals surface area contributed by atoms with Crippen molar-refractivity contribution in [2.45, 2.75) is 39.2 Å². The van der Waals surface area contributed by atoms with Crippen molar-refractivity contribution in [3.05, 3.63) is 59.4 Å². The van der Waals surface area contributed by atoms with E-state index in [2.05, 4.69) is 10.3 Å². The molecule has 7 heteroatoms. The molecule has 2 aromatic carbocycles. The Morgan fingerprint density at radius 2 is 1.97 bits per heavy atom. The Hall–Kier alpha value is -2.80. The second-order valence-electron chi connectivity index (χ2n) is 6.98. The normalized spacial score (nSPS) is 12.0. The molecule has 1 atom stereocenters. The fraction of sp³-hybridized carbons (Fsp3) is 0.318. The number of rotatable bonds is 7. The van der Waals surface area contributed by atoms with Gasteiger partial charge >= 0.3 is 5.97 Å². The van der Waals surface area contributed by atoms with Gasteiger partial charge in [-0.15, -0.1) is 0 Å². The fourth-order valence-corrected chi connectivity index (χ4v) is 3.54. The van der Waals surface area contributed by atoms with Gasteiger partial charge in [0.05, 0.1) is 16.8 Å². The fourth-order valence-electron chi connectivity index (χ4n) is 3.06. The number of ether oxygens (including phenoxy) is 1. The molecular formula is C22H25N3O3S. The number of hydrogen-bond donors (Lipinski definition) is 1. The Bertz CT molecular complexity index is 1040. The molecule has 0 bridgehead atoms. The Morgan fingerprint density at radius 3 is 2.72 bits per heavy atom. The molecular weight excluding hydrogens is 386 g/mol. The number of nitrogens with one attached hydrogen (secondary N) is 1. The van der Waals surface area contributed by atoms with E-state index < -0.39 is 12.1 Å². The average Bonchev–Trinajstić information content (AvgIpc) is 3.02. The van der Waals surface area contributed by atoms with Crippen LogP contribution in [0.5, 0.6) is 0 Å². The molecule has 1 heterocycles. The van der Waals surface area contributed by atoms with E-state index in [0.29, 0.717) is 5.75 Å². The van der Waals surface area contributed by atoms with E-state index in [0.717, 1.165) is 33.7 Å². The number of esters is 1. The highest BCUT2D eigenvalue weighted by atomic mass is 32.2.